The Morgan fingerprint density at radius 2 is 1.89 bits per heavy atom. The van der Waals surface area contributed by atoms with Gasteiger partial charge in [-0.2, -0.15) is 0 Å². The van der Waals surface area contributed by atoms with Crippen LogP contribution in [0.3, 0.4) is 0 Å². The van der Waals surface area contributed by atoms with Crippen molar-refractivity contribution in [2.45, 2.75) is 6.61 Å². The Bertz CT molecular complexity index is 1020. The Labute approximate surface area is 160 Å². The standard InChI is InChI=1S/C20H18O6S/c1-22-10-26-18-12-6-7-27-19(12)16(17-13(18)9-25-20(17)21)11-4-5-14(23-2)15(8-11)24-3/h4-8H,9-10H2,1-3H3. The van der Waals surface area contributed by atoms with Crippen molar-refractivity contribution >= 4 is 27.4 Å². The van der Waals surface area contributed by atoms with E-state index in [2.05, 4.69) is 0 Å². The van der Waals surface area contributed by atoms with Gasteiger partial charge in [-0.15, -0.1) is 11.3 Å². The molecule has 1 aromatic heterocycles. The highest BCUT2D eigenvalue weighted by atomic mass is 32.1. The van der Waals surface area contributed by atoms with Crippen molar-refractivity contribution in [2.24, 2.45) is 0 Å². The molecule has 2 heterocycles. The SMILES string of the molecule is COCOc1c2c(c(-c3ccc(OC)c(OC)c3)c3sccc13)C(=O)OC2. The van der Waals surface area contributed by atoms with Crippen LogP contribution < -0.4 is 14.2 Å². The first-order valence-electron chi connectivity index (χ1n) is 8.26. The molecule has 0 N–H and O–H groups in total. The number of esters is 1. The highest BCUT2D eigenvalue weighted by Crippen LogP contribution is 2.47. The molecule has 0 bridgehead atoms. The monoisotopic (exact) mass is 386 g/mol. The van der Waals surface area contributed by atoms with Crippen molar-refractivity contribution in [1.29, 1.82) is 0 Å². The summed E-state index contributed by atoms with van der Waals surface area (Å²) in [5.41, 5.74) is 2.95. The molecule has 27 heavy (non-hydrogen) atoms. The molecule has 0 fully saturated rings. The third kappa shape index (κ3) is 2.79. The molecule has 0 saturated heterocycles. The minimum absolute atomic E-state index is 0.0985. The molecule has 3 aromatic rings. The topological polar surface area (TPSA) is 63.2 Å². The first-order chi connectivity index (χ1) is 13.2. The molecule has 0 radical (unpaired) electrons. The van der Waals surface area contributed by atoms with E-state index in [4.69, 9.17) is 23.7 Å². The van der Waals surface area contributed by atoms with Crippen LogP contribution in [-0.2, 0) is 16.1 Å². The quantitative estimate of drug-likeness (QED) is 0.466. The lowest BCUT2D eigenvalue weighted by molar-refractivity contribution is 0.0484. The van der Waals surface area contributed by atoms with Gasteiger partial charge < -0.3 is 23.7 Å². The number of hydrogen-bond donors (Lipinski definition) is 0. The molecule has 1 aliphatic heterocycles. The predicted molar refractivity (Wildman–Crippen MR) is 102 cm³/mol. The molecule has 0 unspecified atom stereocenters. The van der Waals surface area contributed by atoms with E-state index in [1.807, 2.05) is 29.6 Å². The lowest BCUT2D eigenvalue weighted by Crippen LogP contribution is -2.04. The summed E-state index contributed by atoms with van der Waals surface area (Å²) in [5, 5.41) is 2.91. The molecule has 6 nitrogen and oxygen atoms in total. The van der Waals surface area contributed by atoms with Gasteiger partial charge in [-0.1, -0.05) is 6.07 Å². The van der Waals surface area contributed by atoms with Crippen LogP contribution in [0, 0.1) is 0 Å². The summed E-state index contributed by atoms with van der Waals surface area (Å²) < 4.78 is 27.9. The highest BCUT2D eigenvalue weighted by molar-refractivity contribution is 7.17. The second kappa shape index (κ2) is 7.09. The Morgan fingerprint density at radius 3 is 2.63 bits per heavy atom. The van der Waals surface area contributed by atoms with E-state index in [1.54, 1.807) is 32.7 Å². The zero-order chi connectivity index (χ0) is 19.0. The van der Waals surface area contributed by atoms with Crippen LogP contribution >= 0.6 is 11.3 Å². The van der Waals surface area contributed by atoms with Crippen LogP contribution in [0.5, 0.6) is 17.2 Å². The number of thiophene rings is 1. The molecular weight excluding hydrogens is 368 g/mol. The third-order valence-electron chi connectivity index (χ3n) is 4.51. The third-order valence-corrected chi connectivity index (χ3v) is 5.44. The smallest absolute Gasteiger partial charge is 0.339 e. The molecule has 0 amide bonds. The number of carbonyl (C=O) groups excluding carboxylic acids is 1. The first kappa shape index (κ1) is 17.6. The normalized spacial score (nSPS) is 12.8. The van der Waals surface area contributed by atoms with Crippen molar-refractivity contribution in [3.05, 3.63) is 40.8 Å². The molecule has 0 spiro atoms. The van der Waals surface area contributed by atoms with Gasteiger partial charge in [0.05, 0.1) is 19.8 Å². The number of methoxy groups -OCH3 is 3. The van der Waals surface area contributed by atoms with Crippen molar-refractivity contribution in [1.82, 2.24) is 0 Å². The van der Waals surface area contributed by atoms with Crippen LogP contribution in [0.4, 0.5) is 0 Å². The molecule has 2 aromatic carbocycles. The molecule has 0 atom stereocenters. The van der Waals surface area contributed by atoms with Gasteiger partial charge in [-0.05, 0) is 29.1 Å². The van der Waals surface area contributed by atoms with E-state index in [0.29, 0.717) is 22.8 Å². The van der Waals surface area contributed by atoms with Gasteiger partial charge in [-0.3, -0.25) is 0 Å². The van der Waals surface area contributed by atoms with Gasteiger partial charge in [0.15, 0.2) is 18.3 Å². The molecule has 4 rings (SSSR count). The number of benzene rings is 2. The Balaban J connectivity index is 2.01. The number of cyclic esters (lactones) is 1. The summed E-state index contributed by atoms with van der Waals surface area (Å²) in [6.45, 7) is 0.278. The van der Waals surface area contributed by atoms with E-state index < -0.39 is 0 Å². The van der Waals surface area contributed by atoms with Crippen molar-refractivity contribution in [3.63, 3.8) is 0 Å². The Hall–Kier alpha value is -2.77. The summed E-state index contributed by atoms with van der Waals surface area (Å²) in [7, 11) is 4.74. The summed E-state index contributed by atoms with van der Waals surface area (Å²) in [4.78, 5) is 12.6. The summed E-state index contributed by atoms with van der Waals surface area (Å²) >= 11 is 1.55. The maximum Gasteiger partial charge on any atom is 0.339 e. The lowest BCUT2D eigenvalue weighted by atomic mass is 9.93. The van der Waals surface area contributed by atoms with Gasteiger partial charge in [-0.25, -0.2) is 4.79 Å². The Kier molecular flexibility index (Phi) is 4.63. The molecule has 0 aliphatic carbocycles. The zero-order valence-electron chi connectivity index (χ0n) is 15.2. The Morgan fingerprint density at radius 1 is 1.07 bits per heavy atom. The average molecular weight is 386 g/mol. The van der Waals surface area contributed by atoms with E-state index in [1.165, 1.54) is 0 Å². The number of ether oxygens (including phenoxy) is 5. The lowest BCUT2D eigenvalue weighted by Gasteiger charge is -2.15. The maximum atomic E-state index is 12.6. The molecule has 0 saturated carbocycles. The number of hydrogen-bond acceptors (Lipinski definition) is 7. The van der Waals surface area contributed by atoms with Gasteiger partial charge in [0.25, 0.3) is 0 Å². The van der Waals surface area contributed by atoms with Crippen molar-refractivity contribution in [3.8, 4) is 28.4 Å². The van der Waals surface area contributed by atoms with Crippen LogP contribution in [0.1, 0.15) is 15.9 Å². The van der Waals surface area contributed by atoms with E-state index >= 15 is 0 Å². The zero-order valence-corrected chi connectivity index (χ0v) is 16.0. The summed E-state index contributed by atoms with van der Waals surface area (Å²) in [6.07, 6.45) is 0. The van der Waals surface area contributed by atoms with Gasteiger partial charge in [0.1, 0.15) is 12.4 Å². The first-order valence-corrected chi connectivity index (χ1v) is 9.14. The van der Waals surface area contributed by atoms with Crippen LogP contribution in [-0.4, -0.2) is 34.1 Å². The fraction of sp³-hybridized carbons (Fsp3) is 0.250. The minimum atomic E-state index is -0.354. The van der Waals surface area contributed by atoms with Crippen LogP contribution in [0.25, 0.3) is 21.2 Å². The van der Waals surface area contributed by atoms with Gasteiger partial charge in [0, 0.05) is 28.3 Å². The number of fused-ring (bicyclic) bond motifs is 2. The van der Waals surface area contributed by atoms with E-state index in [9.17, 15) is 4.79 Å². The number of carbonyl (C=O) groups is 1. The minimum Gasteiger partial charge on any atom is -0.493 e. The van der Waals surface area contributed by atoms with Crippen LogP contribution in [0.15, 0.2) is 29.6 Å². The van der Waals surface area contributed by atoms with E-state index in [0.717, 1.165) is 26.8 Å². The molecule has 7 heteroatoms. The average Bonchev–Trinajstić information content (AvgIpc) is 3.32. The van der Waals surface area contributed by atoms with Crippen LogP contribution in [0.2, 0.25) is 0 Å². The summed E-state index contributed by atoms with van der Waals surface area (Å²) in [6, 6.07) is 7.60. The van der Waals surface area contributed by atoms with Gasteiger partial charge in [0.2, 0.25) is 0 Å². The van der Waals surface area contributed by atoms with E-state index in [-0.39, 0.29) is 19.4 Å². The van der Waals surface area contributed by atoms with Crippen molar-refractivity contribution < 1.29 is 28.5 Å². The maximum absolute atomic E-state index is 12.6. The second-order valence-corrected chi connectivity index (χ2v) is 6.83. The van der Waals surface area contributed by atoms with Gasteiger partial charge >= 0.3 is 5.97 Å². The number of rotatable bonds is 6. The largest absolute Gasteiger partial charge is 0.493 e. The molecule has 1 aliphatic rings. The summed E-state index contributed by atoms with van der Waals surface area (Å²) in [5.74, 6) is 1.51. The molecule has 140 valence electrons. The predicted octanol–water partition coefficient (Wildman–Crippen LogP) is 4.24. The van der Waals surface area contributed by atoms with Crippen molar-refractivity contribution in [2.75, 3.05) is 28.1 Å². The fourth-order valence-corrected chi connectivity index (χ4v) is 4.31. The second-order valence-electron chi connectivity index (χ2n) is 5.92. The highest BCUT2D eigenvalue weighted by Gasteiger charge is 2.32. The fourth-order valence-electron chi connectivity index (χ4n) is 3.34. The molecular formula is C20H18O6S.